The highest BCUT2D eigenvalue weighted by Crippen LogP contribution is 2.11. The van der Waals surface area contributed by atoms with E-state index in [0.29, 0.717) is 11.2 Å². The minimum atomic E-state index is -0.264. The Morgan fingerprint density at radius 2 is 2.22 bits per heavy atom. The van der Waals surface area contributed by atoms with E-state index in [-0.39, 0.29) is 5.24 Å². The van der Waals surface area contributed by atoms with Gasteiger partial charge >= 0.3 is 0 Å². The third-order valence-electron chi connectivity index (χ3n) is 0.822. The first-order valence-corrected chi connectivity index (χ1v) is 4.96. The first-order valence-electron chi connectivity index (χ1n) is 2.55. The van der Waals surface area contributed by atoms with Gasteiger partial charge in [0.2, 0.25) is 5.24 Å². The van der Waals surface area contributed by atoms with Crippen molar-refractivity contribution in [3.05, 3.63) is 0 Å². The van der Waals surface area contributed by atoms with E-state index in [9.17, 15) is 4.79 Å². The summed E-state index contributed by atoms with van der Waals surface area (Å²) in [4.78, 5) is 10.6. The lowest BCUT2D eigenvalue weighted by Gasteiger charge is -2.00. The molecule has 0 amide bonds. The first-order chi connectivity index (χ1) is 4.16. The molecule has 0 bridgehead atoms. The molecule has 0 heterocycles. The van der Waals surface area contributed by atoms with Crippen LogP contribution in [0.2, 0.25) is 0 Å². The Morgan fingerprint density at radius 3 is 2.56 bits per heavy atom. The molecule has 0 aliphatic carbocycles. The van der Waals surface area contributed by atoms with Crippen molar-refractivity contribution in [3.63, 3.8) is 0 Å². The Morgan fingerprint density at radius 1 is 1.67 bits per heavy atom. The maximum Gasteiger partial charge on any atom is 0.221 e. The number of halogens is 3. The molecule has 0 fully saturated rings. The molecule has 0 N–H and O–H groups in total. The fraction of sp³-hybridized carbons (Fsp3) is 0.800. The fourth-order valence-electron chi connectivity index (χ4n) is 0.347. The zero-order valence-corrected chi connectivity index (χ0v) is 8.67. The molecule has 1 nitrogen and oxygen atoms in total. The van der Waals surface area contributed by atoms with E-state index in [1.165, 1.54) is 0 Å². The molecule has 0 radical (unpaired) electrons. The van der Waals surface area contributed by atoms with Gasteiger partial charge in [0.1, 0.15) is 0 Å². The van der Waals surface area contributed by atoms with Gasteiger partial charge in [-0.05, 0) is 18.0 Å². The normalized spacial score (nSPS) is 13.2. The predicted octanol–water partition coefficient (Wildman–Crippen LogP) is 2.69. The van der Waals surface area contributed by atoms with Gasteiger partial charge in [-0.1, -0.05) is 31.9 Å². The molecule has 54 valence electrons. The van der Waals surface area contributed by atoms with Gasteiger partial charge in [-0.3, -0.25) is 4.79 Å². The Bertz CT molecular complexity index is 97.0. The number of carbonyl (C=O) groups is 1. The van der Waals surface area contributed by atoms with Gasteiger partial charge < -0.3 is 0 Å². The van der Waals surface area contributed by atoms with Crippen LogP contribution >= 0.6 is 43.5 Å². The summed E-state index contributed by atoms with van der Waals surface area (Å²) in [5, 5.41) is 0.595. The summed E-state index contributed by atoms with van der Waals surface area (Å²) in [6.07, 6.45) is 1.25. The summed E-state index contributed by atoms with van der Waals surface area (Å²) in [5.74, 6) is 0. The quantitative estimate of drug-likeness (QED) is 0.571. The second kappa shape index (κ2) is 5.69. The van der Waals surface area contributed by atoms with Gasteiger partial charge in [0.15, 0.2) is 0 Å². The molecule has 0 saturated heterocycles. The average molecular weight is 278 g/mol. The largest absolute Gasteiger partial charge is 0.281 e. The summed E-state index contributed by atoms with van der Waals surface area (Å²) in [6, 6.07) is 0. The lowest BCUT2D eigenvalue weighted by atomic mass is 10.3. The summed E-state index contributed by atoms with van der Waals surface area (Å²) < 4.78 is 0. The van der Waals surface area contributed by atoms with Crippen LogP contribution < -0.4 is 0 Å². The summed E-state index contributed by atoms with van der Waals surface area (Å²) in [6.45, 7) is 0. The Balaban J connectivity index is 3.16. The van der Waals surface area contributed by atoms with Crippen molar-refractivity contribution in [2.45, 2.75) is 17.7 Å². The lowest BCUT2D eigenvalue weighted by molar-refractivity contribution is -0.111. The molecule has 0 aliphatic heterocycles. The molecule has 1 atom stereocenters. The van der Waals surface area contributed by atoms with E-state index < -0.39 is 0 Å². The molecule has 1 unspecified atom stereocenters. The van der Waals surface area contributed by atoms with Crippen LogP contribution in [0.3, 0.4) is 0 Å². The van der Waals surface area contributed by atoms with Crippen LogP contribution in [0.4, 0.5) is 0 Å². The molecule has 0 aromatic heterocycles. The zero-order valence-electron chi connectivity index (χ0n) is 4.74. The van der Waals surface area contributed by atoms with Gasteiger partial charge in [0, 0.05) is 16.6 Å². The highest BCUT2D eigenvalue weighted by atomic mass is 79.9. The molecule has 0 rings (SSSR count). The third-order valence-corrected chi connectivity index (χ3v) is 3.44. The second-order valence-corrected chi connectivity index (χ2v) is 4.01. The Labute approximate surface area is 76.4 Å². The monoisotopic (exact) mass is 276 g/mol. The van der Waals surface area contributed by atoms with Crippen LogP contribution in [0, 0.1) is 0 Å². The van der Waals surface area contributed by atoms with Crippen LogP contribution in [-0.2, 0) is 4.79 Å². The van der Waals surface area contributed by atoms with Gasteiger partial charge in [0.05, 0.1) is 0 Å². The van der Waals surface area contributed by atoms with E-state index in [1.807, 2.05) is 0 Å². The molecular weight excluding hydrogens is 271 g/mol. The Hall–Kier alpha value is 0.920. The van der Waals surface area contributed by atoms with Crippen molar-refractivity contribution in [2.24, 2.45) is 0 Å². The Kier molecular flexibility index (Phi) is 6.27. The zero-order chi connectivity index (χ0) is 7.28. The van der Waals surface area contributed by atoms with Crippen LogP contribution in [-0.4, -0.2) is 15.4 Å². The molecular formula is C5H7Br2ClO. The van der Waals surface area contributed by atoms with Crippen molar-refractivity contribution in [1.82, 2.24) is 0 Å². The van der Waals surface area contributed by atoms with Gasteiger partial charge in [-0.25, -0.2) is 0 Å². The van der Waals surface area contributed by atoms with E-state index >= 15 is 0 Å². The van der Waals surface area contributed by atoms with E-state index in [0.717, 1.165) is 11.8 Å². The summed E-state index contributed by atoms with van der Waals surface area (Å²) in [7, 11) is 0. The molecule has 9 heavy (non-hydrogen) atoms. The van der Waals surface area contributed by atoms with Crippen molar-refractivity contribution in [1.29, 1.82) is 0 Å². The van der Waals surface area contributed by atoms with E-state index in [2.05, 4.69) is 31.9 Å². The highest BCUT2D eigenvalue weighted by molar-refractivity contribution is 9.12. The summed E-state index contributed by atoms with van der Waals surface area (Å²) in [5.41, 5.74) is 0. The lowest BCUT2D eigenvalue weighted by Crippen LogP contribution is -2.00. The third kappa shape index (κ3) is 6.81. The SMILES string of the molecule is O=C(Cl)CCC(Br)CBr. The minimum absolute atomic E-state index is 0.264. The van der Waals surface area contributed by atoms with Gasteiger partial charge in [-0.15, -0.1) is 0 Å². The first kappa shape index (κ1) is 9.92. The number of rotatable bonds is 4. The topological polar surface area (TPSA) is 17.1 Å². The number of carbonyl (C=O) groups excluding carboxylic acids is 1. The highest BCUT2D eigenvalue weighted by Gasteiger charge is 2.03. The van der Waals surface area contributed by atoms with Crippen LogP contribution in [0.5, 0.6) is 0 Å². The maximum atomic E-state index is 10.2. The average Bonchev–Trinajstić information content (AvgIpc) is 1.83. The molecule has 0 aromatic rings. The van der Waals surface area contributed by atoms with Crippen molar-refractivity contribution in [3.8, 4) is 0 Å². The van der Waals surface area contributed by atoms with Crippen molar-refractivity contribution in [2.75, 3.05) is 5.33 Å². The van der Waals surface area contributed by atoms with Gasteiger partial charge in [-0.2, -0.15) is 0 Å². The molecule has 0 aromatic carbocycles. The van der Waals surface area contributed by atoms with Gasteiger partial charge in [0.25, 0.3) is 0 Å². The van der Waals surface area contributed by atoms with E-state index in [4.69, 9.17) is 11.6 Å². The fourth-order valence-corrected chi connectivity index (χ4v) is 1.01. The number of alkyl halides is 2. The number of hydrogen-bond acceptors (Lipinski definition) is 1. The molecule has 0 spiro atoms. The molecule has 0 saturated carbocycles. The minimum Gasteiger partial charge on any atom is -0.281 e. The van der Waals surface area contributed by atoms with Crippen LogP contribution in [0.1, 0.15) is 12.8 Å². The smallest absolute Gasteiger partial charge is 0.221 e. The molecule has 0 aliphatic rings. The standard InChI is InChI=1S/C5H7Br2ClO/c6-3-4(7)1-2-5(8)9/h4H,1-3H2. The predicted molar refractivity (Wildman–Crippen MR) is 46.6 cm³/mol. The second-order valence-electron chi connectivity index (χ2n) is 1.65. The molecule has 4 heteroatoms. The van der Waals surface area contributed by atoms with E-state index in [1.54, 1.807) is 0 Å². The van der Waals surface area contributed by atoms with Crippen LogP contribution in [0.15, 0.2) is 0 Å². The van der Waals surface area contributed by atoms with Crippen LogP contribution in [0.25, 0.3) is 0 Å². The summed E-state index contributed by atoms with van der Waals surface area (Å²) >= 11 is 11.7. The number of hydrogen-bond donors (Lipinski definition) is 0. The maximum absolute atomic E-state index is 10.2. The van der Waals surface area contributed by atoms with Crippen molar-refractivity contribution >= 4 is 48.7 Å². The van der Waals surface area contributed by atoms with Crippen molar-refractivity contribution < 1.29 is 4.79 Å².